The van der Waals surface area contributed by atoms with Crippen molar-refractivity contribution in [2.75, 3.05) is 12.8 Å². The number of thiophene rings is 1. The molecule has 1 atom stereocenters. The molecule has 2 rings (SSSR count). The largest absolute Gasteiger partial charge is 0.397 e. The Morgan fingerprint density at radius 2 is 2.28 bits per heavy atom. The third kappa shape index (κ3) is 2.02. The molecular weight excluding hydrogens is 250 g/mol. The number of aromatic nitrogens is 2. The lowest BCUT2D eigenvalue weighted by molar-refractivity contribution is -0.0106. The molecule has 0 saturated heterocycles. The van der Waals surface area contributed by atoms with E-state index in [1.165, 1.54) is 11.3 Å². The van der Waals surface area contributed by atoms with Crippen LogP contribution >= 0.6 is 11.3 Å². The molecule has 6 heteroatoms. The molecule has 2 aromatic heterocycles. The van der Waals surface area contributed by atoms with Crippen molar-refractivity contribution in [3.8, 4) is 10.8 Å². The molecule has 0 bridgehead atoms. The normalized spacial score (nSPS) is 14.7. The Bertz CT molecular complexity index is 543. The summed E-state index contributed by atoms with van der Waals surface area (Å²) in [6, 6.07) is 0. The molecule has 2 aromatic rings. The SMILES string of the molecule is CCC(C)(OC)c1noc(-c2scc(C)c2N)n1. The quantitative estimate of drug-likeness (QED) is 0.921. The Labute approximate surface area is 110 Å². The van der Waals surface area contributed by atoms with E-state index in [-0.39, 0.29) is 0 Å². The summed E-state index contributed by atoms with van der Waals surface area (Å²) in [7, 11) is 1.64. The highest BCUT2D eigenvalue weighted by Gasteiger charge is 2.30. The molecular formula is C12H17N3O2S. The van der Waals surface area contributed by atoms with Crippen molar-refractivity contribution in [1.29, 1.82) is 0 Å². The molecule has 98 valence electrons. The molecule has 0 radical (unpaired) electrons. The summed E-state index contributed by atoms with van der Waals surface area (Å²) in [5.74, 6) is 1.00. The fraction of sp³-hybridized carbons (Fsp3) is 0.500. The maximum absolute atomic E-state index is 5.97. The van der Waals surface area contributed by atoms with E-state index in [0.717, 1.165) is 16.9 Å². The first-order valence-electron chi connectivity index (χ1n) is 5.75. The molecule has 5 nitrogen and oxygen atoms in total. The van der Waals surface area contributed by atoms with Gasteiger partial charge in [-0.2, -0.15) is 4.98 Å². The summed E-state index contributed by atoms with van der Waals surface area (Å²) in [5.41, 5.74) is 7.17. The molecule has 0 amide bonds. The Hall–Kier alpha value is -1.40. The van der Waals surface area contributed by atoms with E-state index < -0.39 is 5.60 Å². The van der Waals surface area contributed by atoms with Gasteiger partial charge in [0.2, 0.25) is 5.82 Å². The number of rotatable bonds is 4. The minimum atomic E-state index is -0.525. The third-order valence-electron chi connectivity index (χ3n) is 3.24. The Balaban J connectivity index is 2.39. The first-order chi connectivity index (χ1) is 8.51. The lowest BCUT2D eigenvalue weighted by atomic mass is 10.0. The second-order valence-electron chi connectivity index (χ2n) is 4.37. The van der Waals surface area contributed by atoms with Gasteiger partial charge in [0.1, 0.15) is 10.5 Å². The van der Waals surface area contributed by atoms with E-state index >= 15 is 0 Å². The highest BCUT2D eigenvalue weighted by atomic mass is 32.1. The number of ether oxygens (including phenoxy) is 1. The minimum Gasteiger partial charge on any atom is -0.397 e. The van der Waals surface area contributed by atoms with Gasteiger partial charge in [0.15, 0.2) is 0 Å². The second kappa shape index (κ2) is 4.70. The van der Waals surface area contributed by atoms with Crippen LogP contribution in [0.2, 0.25) is 0 Å². The van der Waals surface area contributed by atoms with Gasteiger partial charge in [-0.05, 0) is 31.2 Å². The fourth-order valence-corrected chi connectivity index (χ4v) is 2.44. The number of hydrogen-bond donors (Lipinski definition) is 1. The highest BCUT2D eigenvalue weighted by Crippen LogP contribution is 2.35. The van der Waals surface area contributed by atoms with Crippen LogP contribution in [0.25, 0.3) is 10.8 Å². The molecule has 2 heterocycles. The average Bonchev–Trinajstić information content (AvgIpc) is 2.98. The predicted octanol–water partition coefficient (Wildman–Crippen LogP) is 2.96. The van der Waals surface area contributed by atoms with Crippen LogP contribution in [0.1, 0.15) is 31.7 Å². The van der Waals surface area contributed by atoms with E-state index in [9.17, 15) is 0 Å². The van der Waals surface area contributed by atoms with Gasteiger partial charge in [-0.25, -0.2) is 0 Å². The van der Waals surface area contributed by atoms with Gasteiger partial charge in [0.25, 0.3) is 5.89 Å². The molecule has 0 spiro atoms. The van der Waals surface area contributed by atoms with E-state index in [1.807, 2.05) is 26.2 Å². The van der Waals surface area contributed by atoms with Crippen molar-refractivity contribution >= 4 is 17.0 Å². The minimum absolute atomic E-state index is 0.456. The molecule has 0 saturated carbocycles. The van der Waals surface area contributed by atoms with Crippen LogP contribution in [0.4, 0.5) is 5.69 Å². The molecule has 1 unspecified atom stereocenters. The van der Waals surface area contributed by atoms with Crippen LogP contribution in [0, 0.1) is 6.92 Å². The monoisotopic (exact) mass is 267 g/mol. The number of nitrogen functional groups attached to an aromatic ring is 1. The highest BCUT2D eigenvalue weighted by molar-refractivity contribution is 7.14. The first kappa shape index (κ1) is 13.0. The van der Waals surface area contributed by atoms with Crippen LogP contribution in [-0.4, -0.2) is 17.3 Å². The Morgan fingerprint density at radius 1 is 1.56 bits per heavy atom. The summed E-state index contributed by atoms with van der Waals surface area (Å²) in [5, 5.41) is 5.97. The van der Waals surface area contributed by atoms with Gasteiger partial charge < -0.3 is 15.0 Å². The first-order valence-corrected chi connectivity index (χ1v) is 6.63. The van der Waals surface area contributed by atoms with Crippen LogP contribution < -0.4 is 5.73 Å². The zero-order valence-electron chi connectivity index (χ0n) is 11.0. The summed E-state index contributed by atoms with van der Waals surface area (Å²) in [4.78, 5) is 5.22. The van der Waals surface area contributed by atoms with Crippen molar-refractivity contribution in [3.05, 3.63) is 16.8 Å². The van der Waals surface area contributed by atoms with Gasteiger partial charge in [-0.15, -0.1) is 11.3 Å². The van der Waals surface area contributed by atoms with E-state index in [1.54, 1.807) is 7.11 Å². The zero-order chi connectivity index (χ0) is 13.3. The van der Waals surface area contributed by atoms with Crippen LogP contribution in [0.15, 0.2) is 9.90 Å². The Morgan fingerprint density at radius 3 is 2.78 bits per heavy atom. The summed E-state index contributed by atoms with van der Waals surface area (Å²) >= 11 is 1.51. The van der Waals surface area contributed by atoms with E-state index in [4.69, 9.17) is 15.0 Å². The smallest absolute Gasteiger partial charge is 0.270 e. The van der Waals surface area contributed by atoms with Gasteiger partial charge >= 0.3 is 0 Å². The fourth-order valence-electron chi connectivity index (χ4n) is 1.54. The molecule has 2 N–H and O–H groups in total. The lowest BCUT2D eigenvalue weighted by Gasteiger charge is -2.21. The van der Waals surface area contributed by atoms with Crippen LogP contribution in [-0.2, 0) is 10.3 Å². The van der Waals surface area contributed by atoms with Crippen LogP contribution in [0.3, 0.4) is 0 Å². The van der Waals surface area contributed by atoms with Gasteiger partial charge in [-0.1, -0.05) is 12.1 Å². The third-order valence-corrected chi connectivity index (χ3v) is 4.34. The summed E-state index contributed by atoms with van der Waals surface area (Å²) < 4.78 is 10.7. The molecule has 0 fully saturated rings. The van der Waals surface area contributed by atoms with Gasteiger partial charge in [0.05, 0.1) is 5.69 Å². The van der Waals surface area contributed by atoms with Crippen LogP contribution in [0.5, 0.6) is 0 Å². The standard InChI is InChI=1S/C12H17N3O2S/c1-5-12(3,16-4)11-14-10(17-15-11)9-8(13)7(2)6-18-9/h6H,5,13H2,1-4H3. The summed E-state index contributed by atoms with van der Waals surface area (Å²) in [6.07, 6.45) is 0.765. The van der Waals surface area contributed by atoms with Gasteiger partial charge in [0, 0.05) is 7.11 Å². The molecule has 0 aliphatic carbocycles. The zero-order valence-corrected chi connectivity index (χ0v) is 11.8. The molecule has 0 aromatic carbocycles. The van der Waals surface area contributed by atoms with Crippen molar-refractivity contribution in [2.45, 2.75) is 32.8 Å². The number of methoxy groups -OCH3 is 1. The molecule has 18 heavy (non-hydrogen) atoms. The maximum atomic E-state index is 5.97. The molecule has 0 aliphatic heterocycles. The predicted molar refractivity (Wildman–Crippen MR) is 71.4 cm³/mol. The number of hydrogen-bond acceptors (Lipinski definition) is 6. The lowest BCUT2D eigenvalue weighted by Crippen LogP contribution is -2.24. The number of anilines is 1. The number of nitrogens with two attached hydrogens (primary N) is 1. The number of nitrogens with zero attached hydrogens (tertiary/aromatic N) is 2. The van der Waals surface area contributed by atoms with E-state index in [0.29, 0.717) is 17.4 Å². The Kier molecular flexibility index (Phi) is 3.41. The van der Waals surface area contributed by atoms with E-state index in [2.05, 4.69) is 10.1 Å². The topological polar surface area (TPSA) is 74.2 Å². The average molecular weight is 267 g/mol. The summed E-state index contributed by atoms with van der Waals surface area (Å²) in [6.45, 7) is 5.91. The van der Waals surface area contributed by atoms with Crippen molar-refractivity contribution in [1.82, 2.24) is 10.1 Å². The maximum Gasteiger partial charge on any atom is 0.270 e. The van der Waals surface area contributed by atoms with Crippen molar-refractivity contribution in [3.63, 3.8) is 0 Å². The second-order valence-corrected chi connectivity index (χ2v) is 5.25. The molecule has 0 aliphatic rings. The van der Waals surface area contributed by atoms with Crippen molar-refractivity contribution < 1.29 is 9.26 Å². The van der Waals surface area contributed by atoms with Gasteiger partial charge in [-0.3, -0.25) is 0 Å². The van der Waals surface area contributed by atoms with Crippen molar-refractivity contribution in [2.24, 2.45) is 0 Å². The number of aryl methyl sites for hydroxylation is 1.